The van der Waals surface area contributed by atoms with Crippen molar-refractivity contribution < 1.29 is 18.3 Å². The van der Waals surface area contributed by atoms with Gasteiger partial charge in [-0.2, -0.15) is 11.8 Å². The van der Waals surface area contributed by atoms with Gasteiger partial charge in [-0.15, -0.1) is 6.58 Å². The molecule has 2 N–H and O–H groups in total. The van der Waals surface area contributed by atoms with Crippen molar-refractivity contribution in [3.8, 4) is 0 Å². The predicted octanol–water partition coefficient (Wildman–Crippen LogP) is 2.34. The molecule has 0 unspecified atom stereocenters. The van der Waals surface area contributed by atoms with Crippen molar-refractivity contribution in [2.24, 2.45) is 0 Å². The van der Waals surface area contributed by atoms with E-state index in [1.165, 1.54) is 12.1 Å². The largest absolute Gasteiger partial charge is 0.478 e. The number of carboxylic acid groups (broad SMARTS) is 1. The molecule has 0 radical (unpaired) electrons. The molecule has 0 bridgehead atoms. The minimum Gasteiger partial charge on any atom is -0.478 e. The minimum atomic E-state index is -3.69. The van der Waals surface area contributed by atoms with Gasteiger partial charge in [-0.3, -0.25) is 0 Å². The predicted molar refractivity (Wildman–Crippen MR) is 83.8 cm³/mol. The maximum atomic E-state index is 12.0. The Morgan fingerprint density at radius 3 is 2.80 bits per heavy atom. The summed E-state index contributed by atoms with van der Waals surface area (Å²) < 4.78 is 26.8. The fraction of sp³-hybridized carbons (Fsp3) is 0.250. The zero-order valence-corrected chi connectivity index (χ0v) is 13.7. The first-order valence-electron chi connectivity index (χ1n) is 5.59. The van der Waals surface area contributed by atoms with Crippen molar-refractivity contribution >= 4 is 43.7 Å². The van der Waals surface area contributed by atoms with Crippen LogP contribution in [0.1, 0.15) is 10.4 Å². The molecule has 110 valence electrons. The van der Waals surface area contributed by atoms with Crippen LogP contribution in [0.4, 0.5) is 0 Å². The number of halogens is 1. The third kappa shape index (κ3) is 4.93. The second kappa shape index (κ2) is 7.82. The number of carbonyl (C=O) groups is 1. The normalized spacial score (nSPS) is 11.2. The van der Waals surface area contributed by atoms with Gasteiger partial charge in [-0.1, -0.05) is 6.08 Å². The Labute approximate surface area is 130 Å². The van der Waals surface area contributed by atoms with Crippen LogP contribution < -0.4 is 4.72 Å². The lowest BCUT2D eigenvalue weighted by molar-refractivity contribution is 0.0695. The Morgan fingerprint density at radius 2 is 2.20 bits per heavy atom. The van der Waals surface area contributed by atoms with Crippen LogP contribution in [0.5, 0.6) is 0 Å². The maximum absolute atomic E-state index is 12.0. The average molecular weight is 380 g/mol. The van der Waals surface area contributed by atoms with Gasteiger partial charge < -0.3 is 5.11 Å². The molecule has 0 saturated carbocycles. The number of thioether (sulfide) groups is 1. The van der Waals surface area contributed by atoms with Crippen molar-refractivity contribution in [2.45, 2.75) is 4.90 Å². The molecule has 1 rings (SSSR count). The van der Waals surface area contributed by atoms with Gasteiger partial charge in [-0.05, 0) is 34.1 Å². The van der Waals surface area contributed by atoms with Gasteiger partial charge in [0.25, 0.3) is 0 Å². The number of carboxylic acids is 1. The molecule has 0 spiro atoms. The highest BCUT2D eigenvalue weighted by atomic mass is 79.9. The van der Waals surface area contributed by atoms with E-state index in [9.17, 15) is 13.2 Å². The topological polar surface area (TPSA) is 83.5 Å². The second-order valence-electron chi connectivity index (χ2n) is 3.71. The summed E-state index contributed by atoms with van der Waals surface area (Å²) in [5, 5.41) is 8.97. The molecule has 5 nitrogen and oxygen atoms in total. The van der Waals surface area contributed by atoms with Crippen LogP contribution in [0, 0.1) is 0 Å². The van der Waals surface area contributed by atoms with Crippen molar-refractivity contribution in [3.05, 3.63) is 40.9 Å². The van der Waals surface area contributed by atoms with Crippen LogP contribution >= 0.6 is 27.7 Å². The Morgan fingerprint density at radius 1 is 1.50 bits per heavy atom. The first kappa shape index (κ1) is 17.2. The molecule has 1 aromatic carbocycles. The first-order chi connectivity index (χ1) is 9.38. The summed E-state index contributed by atoms with van der Waals surface area (Å²) in [6, 6.07) is 3.89. The van der Waals surface area contributed by atoms with Gasteiger partial charge in [0, 0.05) is 22.5 Å². The standard InChI is InChI=1S/C12H14BrNO4S2/c1-2-6-19-7-5-14-20(17,18)9-3-4-11(13)10(8-9)12(15)16/h2-4,8,14H,1,5-7H2,(H,15,16). The molecule has 0 atom stereocenters. The van der Waals surface area contributed by atoms with Gasteiger partial charge in [-0.25, -0.2) is 17.9 Å². The molecule has 0 aliphatic carbocycles. The fourth-order valence-electron chi connectivity index (χ4n) is 1.33. The summed E-state index contributed by atoms with van der Waals surface area (Å²) in [5.74, 6) is 0.187. The van der Waals surface area contributed by atoms with E-state index in [-0.39, 0.29) is 17.0 Å². The quantitative estimate of drug-likeness (QED) is 0.534. The van der Waals surface area contributed by atoms with E-state index in [4.69, 9.17) is 5.11 Å². The van der Waals surface area contributed by atoms with E-state index in [0.717, 1.165) is 11.8 Å². The lowest BCUT2D eigenvalue weighted by Gasteiger charge is -2.08. The highest BCUT2D eigenvalue weighted by Gasteiger charge is 2.17. The molecule has 0 amide bonds. The molecule has 8 heteroatoms. The van der Waals surface area contributed by atoms with E-state index in [1.54, 1.807) is 17.8 Å². The average Bonchev–Trinajstić information content (AvgIpc) is 2.38. The SMILES string of the molecule is C=CCSCCNS(=O)(=O)c1ccc(Br)c(C(=O)O)c1. The van der Waals surface area contributed by atoms with E-state index >= 15 is 0 Å². The van der Waals surface area contributed by atoms with E-state index in [1.807, 2.05) is 0 Å². The van der Waals surface area contributed by atoms with Crippen molar-refractivity contribution in [1.82, 2.24) is 4.72 Å². The Kier molecular flexibility index (Phi) is 6.74. The molecule has 0 fully saturated rings. The minimum absolute atomic E-state index is 0.0631. The van der Waals surface area contributed by atoms with Crippen LogP contribution in [0.25, 0.3) is 0 Å². The number of nitrogens with one attached hydrogen (secondary N) is 1. The lowest BCUT2D eigenvalue weighted by Crippen LogP contribution is -2.26. The third-order valence-electron chi connectivity index (χ3n) is 2.25. The lowest BCUT2D eigenvalue weighted by atomic mass is 10.2. The van der Waals surface area contributed by atoms with Crippen LogP contribution in [0.15, 0.2) is 40.2 Å². The maximum Gasteiger partial charge on any atom is 0.336 e. The van der Waals surface area contributed by atoms with Crippen molar-refractivity contribution in [2.75, 3.05) is 18.1 Å². The zero-order chi connectivity index (χ0) is 15.2. The molecular formula is C12H14BrNO4S2. The summed E-state index contributed by atoms with van der Waals surface area (Å²) in [7, 11) is -3.69. The highest BCUT2D eigenvalue weighted by Crippen LogP contribution is 2.21. The Bertz CT molecular complexity index is 601. The second-order valence-corrected chi connectivity index (χ2v) is 7.48. The monoisotopic (exact) mass is 379 g/mol. The van der Waals surface area contributed by atoms with Crippen LogP contribution in [0.2, 0.25) is 0 Å². The number of rotatable bonds is 8. The Balaban J connectivity index is 2.80. The molecule has 0 aliphatic heterocycles. The third-order valence-corrected chi connectivity index (χ3v) is 5.37. The Hall–Kier alpha value is -0.830. The van der Waals surface area contributed by atoms with Crippen LogP contribution in [-0.2, 0) is 10.0 Å². The van der Waals surface area contributed by atoms with E-state index in [0.29, 0.717) is 10.2 Å². The van der Waals surface area contributed by atoms with Gasteiger partial charge in [0.05, 0.1) is 10.5 Å². The van der Waals surface area contributed by atoms with Crippen LogP contribution in [0.3, 0.4) is 0 Å². The highest BCUT2D eigenvalue weighted by molar-refractivity contribution is 9.10. The molecular weight excluding hydrogens is 366 g/mol. The number of sulfonamides is 1. The molecule has 1 aromatic rings. The fourth-order valence-corrected chi connectivity index (χ4v) is 3.52. The van der Waals surface area contributed by atoms with Gasteiger partial charge in [0.1, 0.15) is 0 Å². The summed E-state index contributed by atoms with van der Waals surface area (Å²) in [5.41, 5.74) is -0.0890. The summed E-state index contributed by atoms with van der Waals surface area (Å²) in [6.07, 6.45) is 1.74. The van der Waals surface area contributed by atoms with Gasteiger partial charge >= 0.3 is 5.97 Å². The van der Waals surface area contributed by atoms with Gasteiger partial charge in [0.2, 0.25) is 10.0 Å². The zero-order valence-electron chi connectivity index (χ0n) is 10.5. The molecule has 0 aromatic heterocycles. The van der Waals surface area contributed by atoms with E-state index in [2.05, 4.69) is 27.2 Å². The molecule has 0 saturated heterocycles. The van der Waals surface area contributed by atoms with Crippen molar-refractivity contribution in [1.29, 1.82) is 0 Å². The summed E-state index contributed by atoms with van der Waals surface area (Å²) in [6.45, 7) is 3.85. The smallest absolute Gasteiger partial charge is 0.336 e. The van der Waals surface area contributed by atoms with Gasteiger partial charge in [0.15, 0.2) is 0 Å². The van der Waals surface area contributed by atoms with Crippen molar-refractivity contribution in [3.63, 3.8) is 0 Å². The number of hydrogen-bond donors (Lipinski definition) is 2. The molecule has 0 aliphatic rings. The number of benzene rings is 1. The first-order valence-corrected chi connectivity index (χ1v) is 9.02. The molecule has 20 heavy (non-hydrogen) atoms. The number of aromatic carboxylic acids is 1. The summed E-state index contributed by atoms with van der Waals surface area (Å²) in [4.78, 5) is 10.9. The van der Waals surface area contributed by atoms with Crippen LogP contribution in [-0.4, -0.2) is 37.5 Å². The van der Waals surface area contributed by atoms with E-state index < -0.39 is 16.0 Å². The molecule has 0 heterocycles. The summed E-state index contributed by atoms with van der Waals surface area (Å²) >= 11 is 4.62. The number of hydrogen-bond acceptors (Lipinski definition) is 4.